The van der Waals surface area contributed by atoms with Crippen molar-refractivity contribution in [1.82, 2.24) is 20.4 Å². The van der Waals surface area contributed by atoms with Crippen molar-refractivity contribution in [2.45, 2.75) is 57.9 Å². The van der Waals surface area contributed by atoms with Gasteiger partial charge < -0.3 is 55.3 Å². The molecule has 6 N–H and O–H groups in total. The van der Waals surface area contributed by atoms with Gasteiger partial charge >= 0.3 is 12.2 Å². The highest BCUT2D eigenvalue weighted by atomic mass is 16.6. The molecule has 0 radical (unpaired) electrons. The number of rotatable bonds is 14. The molecule has 0 saturated heterocycles. The van der Waals surface area contributed by atoms with Gasteiger partial charge in [0.25, 0.3) is 0 Å². The van der Waals surface area contributed by atoms with Gasteiger partial charge in [-0.15, -0.1) is 0 Å². The van der Waals surface area contributed by atoms with Gasteiger partial charge in [0.05, 0.1) is 25.0 Å². The molecule has 51 heavy (non-hydrogen) atoms. The molecule has 0 aliphatic heterocycles. The Balaban J connectivity index is 0.000000354. The van der Waals surface area contributed by atoms with Crippen LogP contribution in [0.1, 0.15) is 56.6 Å². The van der Waals surface area contributed by atoms with Crippen molar-refractivity contribution >= 4 is 24.3 Å². The highest BCUT2D eigenvalue weighted by molar-refractivity contribution is 5.75. The van der Waals surface area contributed by atoms with Crippen LogP contribution in [0, 0.1) is 0 Å². The van der Waals surface area contributed by atoms with Crippen molar-refractivity contribution in [3.63, 3.8) is 0 Å². The van der Waals surface area contributed by atoms with E-state index in [9.17, 15) is 29.7 Å². The fraction of sp³-hybridized carbons (Fsp3) is 0.432. The van der Waals surface area contributed by atoms with Gasteiger partial charge in [0.2, 0.25) is 6.41 Å². The van der Waals surface area contributed by atoms with E-state index < -0.39 is 24.4 Å². The van der Waals surface area contributed by atoms with Gasteiger partial charge in [0.1, 0.15) is 23.0 Å². The van der Waals surface area contributed by atoms with Crippen LogP contribution in [0.2, 0.25) is 0 Å². The van der Waals surface area contributed by atoms with Crippen LogP contribution in [0.15, 0.2) is 60.7 Å². The molecule has 14 heteroatoms. The summed E-state index contributed by atoms with van der Waals surface area (Å²) in [7, 11) is 7.87. The predicted molar refractivity (Wildman–Crippen MR) is 195 cm³/mol. The molecule has 3 rings (SSSR count). The highest BCUT2D eigenvalue weighted by Crippen LogP contribution is 2.28. The number of amides is 3. The number of carbonyl (C=O) groups is 3. The number of nitrogens with zero attached hydrogens (tertiary/aromatic N) is 2. The van der Waals surface area contributed by atoms with Crippen LogP contribution in [0.3, 0.4) is 0 Å². The summed E-state index contributed by atoms with van der Waals surface area (Å²) in [5, 5.41) is 39.3. The maximum Gasteiger partial charge on any atom is 0.414 e. The van der Waals surface area contributed by atoms with Gasteiger partial charge in [-0.3, -0.25) is 4.79 Å². The Labute approximate surface area is 300 Å². The fourth-order valence-electron chi connectivity index (χ4n) is 4.37. The second-order valence-electron chi connectivity index (χ2n) is 13.3. The van der Waals surface area contributed by atoms with E-state index in [1.54, 1.807) is 59.6 Å². The van der Waals surface area contributed by atoms with Crippen LogP contribution in [0.25, 0.3) is 0 Å². The summed E-state index contributed by atoms with van der Waals surface area (Å²) < 4.78 is 15.6. The molecular weight excluding hydrogens is 658 g/mol. The Hall–Kier alpha value is -4.89. The molecule has 0 spiro atoms. The maximum absolute atomic E-state index is 11.8. The molecule has 0 bridgehead atoms. The van der Waals surface area contributed by atoms with Crippen molar-refractivity contribution < 1.29 is 43.9 Å². The third kappa shape index (κ3) is 15.3. The lowest BCUT2D eigenvalue weighted by Crippen LogP contribution is -2.38. The van der Waals surface area contributed by atoms with E-state index in [1.165, 1.54) is 27.5 Å². The number of benzene rings is 3. The number of methoxy groups -OCH3 is 1. The van der Waals surface area contributed by atoms with E-state index in [-0.39, 0.29) is 41.1 Å². The first-order chi connectivity index (χ1) is 23.9. The minimum Gasteiger partial charge on any atom is -0.506 e. The minimum absolute atomic E-state index is 0.0381. The van der Waals surface area contributed by atoms with Crippen molar-refractivity contribution in [1.29, 1.82) is 0 Å². The van der Waals surface area contributed by atoms with Gasteiger partial charge in [-0.05, 0) is 87.2 Å². The summed E-state index contributed by atoms with van der Waals surface area (Å²) in [4.78, 5) is 36.7. The van der Waals surface area contributed by atoms with E-state index in [2.05, 4.69) is 16.0 Å². The van der Waals surface area contributed by atoms with Crippen LogP contribution in [0.5, 0.6) is 23.0 Å². The lowest BCUT2D eigenvalue weighted by molar-refractivity contribution is -0.105. The van der Waals surface area contributed by atoms with Crippen molar-refractivity contribution in [3.8, 4) is 23.0 Å². The molecule has 0 fully saturated rings. The average molecular weight is 712 g/mol. The third-order valence-electron chi connectivity index (χ3n) is 7.23. The standard InChI is InChI=1S/C19H24N2O4.C18H29N3O5/c1-13(9-14-3-6-16(25-2)7-4-14)20-11-19(24)15-5-8-18(23)17(10-15)21-12-22;1-18(2,3)19-11-15(22)12-8-13(25-16(23)20(4)5)10-14(9-12)26-17(24)21(6)7/h3-8,10,12-13,19-20,23-24H,9,11H2,1-2H3,(H,21,22);8-10,15,19,22H,11H2,1-7H3/t13-,19+;/m1./s1. The van der Waals surface area contributed by atoms with Crippen LogP contribution >= 0.6 is 0 Å². The summed E-state index contributed by atoms with van der Waals surface area (Å²) in [5.41, 5.74) is 2.37. The molecular formula is C37H53N5O9. The highest BCUT2D eigenvalue weighted by Gasteiger charge is 2.19. The van der Waals surface area contributed by atoms with Crippen molar-refractivity contribution in [2.75, 3.05) is 53.7 Å². The Kier molecular flexibility index (Phi) is 16.6. The summed E-state index contributed by atoms with van der Waals surface area (Å²) in [5.74, 6) is 1.14. The first-order valence-corrected chi connectivity index (χ1v) is 16.4. The number of nitrogens with one attached hydrogen (secondary N) is 3. The number of phenols is 1. The van der Waals surface area contributed by atoms with E-state index in [4.69, 9.17) is 14.2 Å². The smallest absolute Gasteiger partial charge is 0.414 e. The van der Waals surface area contributed by atoms with Gasteiger partial charge in [-0.25, -0.2) is 9.59 Å². The Morgan fingerprint density at radius 3 is 1.84 bits per heavy atom. The van der Waals surface area contributed by atoms with Crippen LogP contribution in [-0.4, -0.2) is 104 Å². The first kappa shape index (κ1) is 42.3. The van der Waals surface area contributed by atoms with Gasteiger partial charge in [-0.2, -0.15) is 0 Å². The fourth-order valence-corrected chi connectivity index (χ4v) is 4.37. The molecule has 3 amide bonds. The Morgan fingerprint density at radius 1 is 0.804 bits per heavy atom. The number of hydrogen-bond acceptors (Lipinski definition) is 11. The zero-order valence-corrected chi connectivity index (χ0v) is 30.9. The monoisotopic (exact) mass is 711 g/mol. The number of hydrogen-bond donors (Lipinski definition) is 6. The van der Waals surface area contributed by atoms with Gasteiger partial charge in [-0.1, -0.05) is 18.2 Å². The quantitative estimate of drug-likeness (QED) is 0.103. The van der Waals surface area contributed by atoms with Crippen LogP contribution in [0.4, 0.5) is 15.3 Å². The molecule has 280 valence electrons. The maximum atomic E-state index is 11.8. The second-order valence-corrected chi connectivity index (χ2v) is 13.3. The lowest BCUT2D eigenvalue weighted by Gasteiger charge is -2.23. The number of ether oxygens (including phenoxy) is 3. The number of aliphatic hydroxyl groups excluding tert-OH is 2. The zero-order chi connectivity index (χ0) is 38.3. The summed E-state index contributed by atoms with van der Waals surface area (Å²) in [6.07, 6.45) is -1.45. The molecule has 0 aliphatic carbocycles. The van der Waals surface area contributed by atoms with Crippen LogP contribution < -0.4 is 30.2 Å². The topological polar surface area (TPSA) is 182 Å². The van der Waals surface area contributed by atoms with Crippen molar-refractivity contribution in [2.24, 2.45) is 0 Å². The van der Waals surface area contributed by atoms with E-state index in [0.717, 1.165) is 12.2 Å². The largest absolute Gasteiger partial charge is 0.506 e. The molecule has 0 aromatic heterocycles. The van der Waals surface area contributed by atoms with E-state index in [0.29, 0.717) is 24.1 Å². The number of β-amino-alcohol motifs (C(OH)–C–C–N with tert-alkyl or cyclic N) is 1. The van der Waals surface area contributed by atoms with E-state index in [1.807, 2.05) is 52.0 Å². The number of aromatic hydroxyl groups is 1. The number of carbonyl (C=O) groups excluding carboxylic acids is 3. The molecule has 0 saturated carbocycles. The predicted octanol–water partition coefficient (Wildman–Crippen LogP) is 4.45. The minimum atomic E-state index is -0.871. The average Bonchev–Trinajstić information content (AvgIpc) is 3.07. The normalized spacial score (nSPS) is 12.7. The molecule has 14 nitrogen and oxygen atoms in total. The zero-order valence-electron chi connectivity index (χ0n) is 30.9. The summed E-state index contributed by atoms with van der Waals surface area (Å²) in [6, 6.07) is 17.2. The Morgan fingerprint density at radius 2 is 1.35 bits per heavy atom. The summed E-state index contributed by atoms with van der Waals surface area (Å²) >= 11 is 0. The van der Waals surface area contributed by atoms with Gasteiger partial charge in [0, 0.05) is 58.9 Å². The van der Waals surface area contributed by atoms with Crippen molar-refractivity contribution in [3.05, 3.63) is 77.4 Å². The lowest BCUT2D eigenvalue weighted by atomic mass is 10.1. The van der Waals surface area contributed by atoms with Gasteiger partial charge in [0.15, 0.2) is 0 Å². The number of anilines is 1. The van der Waals surface area contributed by atoms with Crippen LogP contribution in [-0.2, 0) is 11.2 Å². The number of phenolic OH excluding ortho intramolecular Hbond substituents is 1. The SMILES string of the molecule is CN(C)C(=O)Oc1cc(OC(=O)N(C)C)cc(C(O)CNC(C)(C)C)c1.COc1ccc(C[C@@H](C)NC[C@H](O)c2ccc(O)c(NC=O)c2)cc1. The molecule has 0 heterocycles. The summed E-state index contributed by atoms with van der Waals surface area (Å²) in [6.45, 7) is 8.66. The first-order valence-electron chi connectivity index (χ1n) is 16.4. The molecule has 1 unspecified atom stereocenters. The molecule has 3 aromatic rings. The molecule has 3 atom stereocenters. The molecule has 3 aromatic carbocycles. The third-order valence-corrected chi connectivity index (χ3v) is 7.23. The number of aliphatic hydroxyl groups is 2. The Bertz CT molecular complexity index is 1520. The van der Waals surface area contributed by atoms with E-state index >= 15 is 0 Å². The molecule has 0 aliphatic rings. The second kappa shape index (κ2) is 20.1.